The van der Waals surface area contributed by atoms with Crippen molar-refractivity contribution in [1.82, 2.24) is 9.80 Å². The van der Waals surface area contributed by atoms with Crippen LogP contribution in [0.3, 0.4) is 0 Å². The first kappa shape index (κ1) is 19.9. The molecule has 2 nitrogen and oxygen atoms in total. The lowest BCUT2D eigenvalue weighted by atomic mass is 10.1. The highest BCUT2D eigenvalue weighted by Crippen LogP contribution is 2.22. The second kappa shape index (κ2) is 12.0. The Bertz CT molecular complexity index is 468. The van der Waals surface area contributed by atoms with Crippen LogP contribution in [0.15, 0.2) is 42.7 Å². The van der Waals surface area contributed by atoms with Gasteiger partial charge in [0.1, 0.15) is 6.17 Å². The molecule has 25 heavy (non-hydrogen) atoms. The summed E-state index contributed by atoms with van der Waals surface area (Å²) in [5.74, 6) is 0. The van der Waals surface area contributed by atoms with Gasteiger partial charge in [0.15, 0.2) is 0 Å². The monoisotopic (exact) mass is 342 g/mol. The maximum absolute atomic E-state index is 2.58. The number of nitrogens with zero attached hydrogens (tertiary/aromatic N) is 2. The zero-order valence-electron chi connectivity index (χ0n) is 16.5. The van der Waals surface area contributed by atoms with Crippen molar-refractivity contribution in [2.75, 3.05) is 13.1 Å². The molecule has 0 bridgehead atoms. The summed E-state index contributed by atoms with van der Waals surface area (Å²) < 4.78 is 0. The van der Waals surface area contributed by atoms with Gasteiger partial charge in [-0.2, -0.15) is 0 Å². The van der Waals surface area contributed by atoms with Crippen molar-refractivity contribution < 1.29 is 0 Å². The number of rotatable bonds is 13. The van der Waals surface area contributed by atoms with Crippen LogP contribution in [0.2, 0.25) is 0 Å². The fourth-order valence-electron chi connectivity index (χ4n) is 3.66. The topological polar surface area (TPSA) is 6.48 Å². The number of hydrogen-bond donors (Lipinski definition) is 0. The smallest absolute Gasteiger partial charge is 0.105 e. The molecule has 0 aliphatic carbocycles. The first-order valence-corrected chi connectivity index (χ1v) is 10.6. The van der Waals surface area contributed by atoms with E-state index in [0.29, 0.717) is 6.17 Å². The van der Waals surface area contributed by atoms with Crippen LogP contribution >= 0.6 is 0 Å². The summed E-state index contributed by atoms with van der Waals surface area (Å²) in [5, 5.41) is 0. The summed E-state index contributed by atoms with van der Waals surface area (Å²) in [5.41, 5.74) is 1.45. The van der Waals surface area contributed by atoms with E-state index in [2.05, 4.69) is 66.4 Å². The molecule has 140 valence electrons. The first-order chi connectivity index (χ1) is 12.3. The molecule has 1 aromatic carbocycles. The van der Waals surface area contributed by atoms with Gasteiger partial charge in [0.05, 0.1) is 0 Å². The Balaban J connectivity index is 1.79. The van der Waals surface area contributed by atoms with Crippen molar-refractivity contribution in [2.45, 2.75) is 84.2 Å². The van der Waals surface area contributed by atoms with Crippen LogP contribution in [0.1, 0.15) is 77.2 Å². The Hall–Kier alpha value is -1.44. The van der Waals surface area contributed by atoms with Gasteiger partial charge in [0.2, 0.25) is 0 Å². The van der Waals surface area contributed by atoms with E-state index in [1.54, 1.807) is 0 Å². The van der Waals surface area contributed by atoms with E-state index >= 15 is 0 Å². The predicted molar refractivity (Wildman–Crippen MR) is 109 cm³/mol. The molecule has 1 aliphatic rings. The van der Waals surface area contributed by atoms with E-state index in [-0.39, 0.29) is 0 Å². The highest BCUT2D eigenvalue weighted by Gasteiger charge is 2.25. The summed E-state index contributed by atoms with van der Waals surface area (Å²) in [6.07, 6.45) is 18.5. The van der Waals surface area contributed by atoms with Crippen molar-refractivity contribution >= 4 is 0 Å². The van der Waals surface area contributed by atoms with Crippen molar-refractivity contribution in [1.29, 1.82) is 0 Å². The van der Waals surface area contributed by atoms with Crippen LogP contribution in [0.5, 0.6) is 0 Å². The van der Waals surface area contributed by atoms with Gasteiger partial charge in [0.25, 0.3) is 0 Å². The van der Waals surface area contributed by atoms with Crippen molar-refractivity contribution in [3.63, 3.8) is 0 Å². The van der Waals surface area contributed by atoms with Crippen molar-refractivity contribution in [2.24, 2.45) is 0 Å². The van der Waals surface area contributed by atoms with Gasteiger partial charge in [0, 0.05) is 31.9 Å². The normalized spacial score (nSPS) is 16.8. The SMILES string of the molecule is CCCCCCCCCN1C=CN(CCCC)C1Cc1ccccc1. The van der Waals surface area contributed by atoms with Gasteiger partial charge in [-0.3, -0.25) is 0 Å². The molecule has 0 aromatic heterocycles. The van der Waals surface area contributed by atoms with Crippen LogP contribution < -0.4 is 0 Å². The fraction of sp³-hybridized carbons (Fsp3) is 0.652. The van der Waals surface area contributed by atoms with Gasteiger partial charge in [-0.15, -0.1) is 0 Å². The molecule has 2 heteroatoms. The summed E-state index contributed by atoms with van der Waals surface area (Å²) in [6.45, 7) is 6.95. The van der Waals surface area contributed by atoms with Gasteiger partial charge in [-0.25, -0.2) is 0 Å². The van der Waals surface area contributed by atoms with Crippen molar-refractivity contribution in [3.8, 4) is 0 Å². The lowest BCUT2D eigenvalue weighted by Gasteiger charge is -2.33. The molecule has 0 radical (unpaired) electrons. The van der Waals surface area contributed by atoms with Crippen LogP contribution in [-0.2, 0) is 6.42 Å². The number of unbranched alkanes of at least 4 members (excludes halogenated alkanes) is 7. The maximum atomic E-state index is 2.58. The second-order valence-corrected chi connectivity index (χ2v) is 7.42. The van der Waals surface area contributed by atoms with Crippen LogP contribution in [0.25, 0.3) is 0 Å². The van der Waals surface area contributed by atoms with Gasteiger partial charge < -0.3 is 9.80 Å². The molecule has 1 aliphatic heterocycles. The van der Waals surface area contributed by atoms with Crippen molar-refractivity contribution in [3.05, 3.63) is 48.3 Å². The molecule has 0 amide bonds. The second-order valence-electron chi connectivity index (χ2n) is 7.42. The van der Waals surface area contributed by atoms with E-state index < -0.39 is 0 Å². The molecule has 0 saturated carbocycles. The molecular weight excluding hydrogens is 304 g/mol. The predicted octanol–water partition coefficient (Wildman–Crippen LogP) is 6.19. The van der Waals surface area contributed by atoms with Gasteiger partial charge in [-0.1, -0.05) is 89.1 Å². The molecule has 0 saturated heterocycles. The van der Waals surface area contributed by atoms with E-state index in [4.69, 9.17) is 0 Å². The summed E-state index contributed by atoms with van der Waals surface area (Å²) in [4.78, 5) is 5.13. The average Bonchev–Trinajstić information content (AvgIpc) is 3.02. The third kappa shape index (κ3) is 7.13. The third-order valence-corrected chi connectivity index (χ3v) is 5.27. The highest BCUT2D eigenvalue weighted by molar-refractivity contribution is 5.17. The summed E-state index contributed by atoms with van der Waals surface area (Å²) in [7, 11) is 0. The fourth-order valence-corrected chi connectivity index (χ4v) is 3.66. The van der Waals surface area contributed by atoms with E-state index in [1.807, 2.05) is 0 Å². The molecule has 1 aromatic rings. The quantitative estimate of drug-likeness (QED) is 0.394. The lowest BCUT2D eigenvalue weighted by Crippen LogP contribution is -2.41. The Morgan fingerprint density at radius 2 is 1.24 bits per heavy atom. The molecular formula is C23H38N2. The summed E-state index contributed by atoms with van der Waals surface area (Å²) in [6, 6.07) is 11.0. The minimum absolute atomic E-state index is 0.508. The molecule has 1 unspecified atom stereocenters. The van der Waals surface area contributed by atoms with Crippen LogP contribution in [0.4, 0.5) is 0 Å². The number of hydrogen-bond acceptors (Lipinski definition) is 2. The average molecular weight is 343 g/mol. The Labute approximate surface area is 155 Å². The zero-order valence-corrected chi connectivity index (χ0v) is 16.5. The van der Waals surface area contributed by atoms with Crippen LogP contribution in [0, 0.1) is 0 Å². The van der Waals surface area contributed by atoms with E-state index in [1.165, 1.54) is 76.4 Å². The Morgan fingerprint density at radius 1 is 0.680 bits per heavy atom. The molecule has 0 N–H and O–H groups in total. The minimum atomic E-state index is 0.508. The largest absolute Gasteiger partial charge is 0.356 e. The van der Waals surface area contributed by atoms with E-state index in [9.17, 15) is 0 Å². The third-order valence-electron chi connectivity index (χ3n) is 5.27. The minimum Gasteiger partial charge on any atom is -0.356 e. The van der Waals surface area contributed by atoms with Gasteiger partial charge >= 0.3 is 0 Å². The summed E-state index contributed by atoms with van der Waals surface area (Å²) >= 11 is 0. The Morgan fingerprint density at radius 3 is 1.88 bits per heavy atom. The highest BCUT2D eigenvalue weighted by atomic mass is 15.4. The molecule has 1 atom stereocenters. The lowest BCUT2D eigenvalue weighted by molar-refractivity contribution is 0.148. The van der Waals surface area contributed by atoms with E-state index in [0.717, 1.165) is 6.42 Å². The molecule has 0 fully saturated rings. The molecule has 1 heterocycles. The molecule has 2 rings (SSSR count). The maximum Gasteiger partial charge on any atom is 0.105 e. The standard InChI is InChI=1S/C23H38N2/c1-3-5-7-8-9-10-14-18-25-20-19-24(17-6-4-2)23(25)21-22-15-12-11-13-16-22/h11-13,15-16,19-20,23H,3-10,14,17-18,21H2,1-2H3. The first-order valence-electron chi connectivity index (χ1n) is 10.6. The Kier molecular flexibility index (Phi) is 9.54. The zero-order chi connectivity index (χ0) is 17.7. The number of benzene rings is 1. The van der Waals surface area contributed by atoms with Crippen LogP contribution in [-0.4, -0.2) is 29.1 Å². The molecule has 0 spiro atoms. The van der Waals surface area contributed by atoms with Gasteiger partial charge in [-0.05, 0) is 18.4 Å².